The first kappa shape index (κ1) is 9.33. The van der Waals surface area contributed by atoms with E-state index in [-0.39, 0.29) is 11.1 Å². The zero-order valence-electron chi connectivity index (χ0n) is 8.51. The third-order valence-corrected chi connectivity index (χ3v) is 2.99. The minimum absolute atomic E-state index is 0.128. The van der Waals surface area contributed by atoms with Gasteiger partial charge < -0.3 is 9.52 Å². The monoisotopic (exact) mass is 218 g/mol. The minimum Gasteiger partial charge on any atom is -0.478 e. The fraction of sp³-hybridized carbons (Fsp3) is 0.364. The summed E-state index contributed by atoms with van der Waals surface area (Å²) in [5, 5.41) is 8.99. The molecule has 0 atom stereocenters. The summed E-state index contributed by atoms with van der Waals surface area (Å²) in [5.41, 5.74) is 0.807. The highest BCUT2D eigenvalue weighted by molar-refractivity contribution is 5.98. The van der Waals surface area contributed by atoms with Gasteiger partial charge in [0.1, 0.15) is 5.56 Å². The molecule has 0 unspecified atom stereocenters. The largest absolute Gasteiger partial charge is 0.478 e. The molecule has 2 aromatic rings. The molecule has 0 aromatic carbocycles. The van der Waals surface area contributed by atoms with Gasteiger partial charge in [-0.15, -0.1) is 0 Å². The number of aromatic carboxylic acids is 1. The summed E-state index contributed by atoms with van der Waals surface area (Å²) in [4.78, 5) is 19.2. The smallest absolute Gasteiger partial charge is 0.339 e. The zero-order chi connectivity index (χ0) is 11.1. The normalized spacial score (nSPS) is 16.2. The predicted molar refractivity (Wildman–Crippen MR) is 55.4 cm³/mol. The fourth-order valence-electron chi connectivity index (χ4n) is 1.85. The van der Waals surface area contributed by atoms with Crippen molar-refractivity contribution in [1.29, 1.82) is 0 Å². The van der Waals surface area contributed by atoms with E-state index in [9.17, 15) is 4.79 Å². The van der Waals surface area contributed by atoms with Crippen molar-refractivity contribution in [3.8, 4) is 0 Å². The number of carbonyl (C=O) groups is 1. The van der Waals surface area contributed by atoms with Crippen LogP contribution in [0.4, 0.5) is 0 Å². The van der Waals surface area contributed by atoms with Crippen molar-refractivity contribution in [2.45, 2.75) is 25.2 Å². The molecule has 5 heteroatoms. The number of nitrogens with zero attached hydrogens (tertiary/aromatic N) is 2. The molecule has 5 nitrogen and oxygen atoms in total. The SMILES string of the molecule is O=C(O)c1ccnc2nc(C3CCC3)oc12. The van der Waals surface area contributed by atoms with Crippen LogP contribution in [0.5, 0.6) is 0 Å². The third-order valence-electron chi connectivity index (χ3n) is 2.99. The van der Waals surface area contributed by atoms with Crippen LogP contribution in [0.3, 0.4) is 0 Å². The fourth-order valence-corrected chi connectivity index (χ4v) is 1.85. The summed E-state index contributed by atoms with van der Waals surface area (Å²) in [6.07, 6.45) is 4.76. The number of carboxylic acids is 1. The van der Waals surface area contributed by atoms with Gasteiger partial charge >= 0.3 is 5.97 Å². The van der Waals surface area contributed by atoms with Gasteiger partial charge in [-0.25, -0.2) is 9.78 Å². The Balaban J connectivity index is 2.15. The molecule has 1 saturated carbocycles. The zero-order valence-corrected chi connectivity index (χ0v) is 8.51. The molecule has 0 bridgehead atoms. The van der Waals surface area contributed by atoms with Gasteiger partial charge in [0.05, 0.1) is 0 Å². The number of rotatable bonds is 2. The molecule has 1 aliphatic carbocycles. The van der Waals surface area contributed by atoms with E-state index in [1.807, 2.05) is 0 Å². The van der Waals surface area contributed by atoms with Crippen LogP contribution in [0.1, 0.15) is 41.4 Å². The van der Waals surface area contributed by atoms with Crippen molar-refractivity contribution in [1.82, 2.24) is 9.97 Å². The third kappa shape index (κ3) is 1.28. The van der Waals surface area contributed by atoms with Gasteiger partial charge in [0.25, 0.3) is 0 Å². The molecule has 0 radical (unpaired) electrons. The quantitative estimate of drug-likeness (QED) is 0.836. The van der Waals surface area contributed by atoms with E-state index < -0.39 is 5.97 Å². The van der Waals surface area contributed by atoms with Crippen molar-refractivity contribution < 1.29 is 14.3 Å². The number of fused-ring (bicyclic) bond motifs is 1. The van der Waals surface area contributed by atoms with Crippen LogP contribution >= 0.6 is 0 Å². The summed E-state index contributed by atoms with van der Waals surface area (Å²) in [5.74, 6) is -0.0398. The Morgan fingerprint density at radius 2 is 2.31 bits per heavy atom. The lowest BCUT2D eigenvalue weighted by molar-refractivity contribution is 0.0697. The highest BCUT2D eigenvalue weighted by atomic mass is 16.4. The first-order chi connectivity index (χ1) is 7.75. The predicted octanol–water partition coefficient (Wildman–Crippen LogP) is 2.19. The Labute approximate surface area is 91.1 Å². The highest BCUT2D eigenvalue weighted by Crippen LogP contribution is 2.37. The lowest BCUT2D eigenvalue weighted by Gasteiger charge is -2.21. The first-order valence-electron chi connectivity index (χ1n) is 5.24. The van der Waals surface area contributed by atoms with E-state index in [1.54, 1.807) is 0 Å². The van der Waals surface area contributed by atoms with Gasteiger partial charge in [-0.05, 0) is 18.9 Å². The van der Waals surface area contributed by atoms with E-state index in [0.29, 0.717) is 17.5 Å². The second-order valence-electron chi connectivity index (χ2n) is 4.00. The molecule has 0 spiro atoms. The van der Waals surface area contributed by atoms with E-state index in [1.165, 1.54) is 18.7 Å². The lowest BCUT2D eigenvalue weighted by Crippen LogP contribution is -2.08. The van der Waals surface area contributed by atoms with Crippen molar-refractivity contribution in [3.05, 3.63) is 23.7 Å². The van der Waals surface area contributed by atoms with E-state index in [2.05, 4.69) is 9.97 Å². The molecule has 1 aliphatic rings. The number of pyridine rings is 1. The van der Waals surface area contributed by atoms with Gasteiger partial charge in [-0.3, -0.25) is 0 Å². The van der Waals surface area contributed by atoms with Crippen LogP contribution in [0, 0.1) is 0 Å². The van der Waals surface area contributed by atoms with Gasteiger partial charge in [0.2, 0.25) is 0 Å². The molecule has 82 valence electrons. The molecule has 2 heterocycles. The van der Waals surface area contributed by atoms with Gasteiger partial charge in [-0.2, -0.15) is 4.98 Å². The maximum absolute atomic E-state index is 11.0. The van der Waals surface area contributed by atoms with Crippen LogP contribution < -0.4 is 0 Å². The molecule has 1 fully saturated rings. The van der Waals surface area contributed by atoms with Crippen molar-refractivity contribution >= 4 is 17.2 Å². The van der Waals surface area contributed by atoms with Crippen LogP contribution in [0.2, 0.25) is 0 Å². The van der Waals surface area contributed by atoms with Crippen LogP contribution in [0.15, 0.2) is 16.7 Å². The van der Waals surface area contributed by atoms with Crippen LogP contribution in [-0.2, 0) is 0 Å². The molecule has 1 N–H and O–H groups in total. The van der Waals surface area contributed by atoms with Crippen molar-refractivity contribution in [2.75, 3.05) is 0 Å². The first-order valence-corrected chi connectivity index (χ1v) is 5.24. The highest BCUT2D eigenvalue weighted by Gasteiger charge is 2.26. The van der Waals surface area contributed by atoms with Crippen LogP contribution in [0.25, 0.3) is 11.2 Å². The molecular formula is C11H10N2O3. The molecular weight excluding hydrogens is 208 g/mol. The minimum atomic E-state index is -1.01. The van der Waals surface area contributed by atoms with Gasteiger partial charge in [0, 0.05) is 12.1 Å². The second kappa shape index (κ2) is 3.30. The Morgan fingerprint density at radius 1 is 1.50 bits per heavy atom. The summed E-state index contributed by atoms with van der Waals surface area (Å²) in [6, 6.07) is 1.43. The van der Waals surface area contributed by atoms with Crippen molar-refractivity contribution in [3.63, 3.8) is 0 Å². The average molecular weight is 218 g/mol. The standard InChI is InChI=1S/C11H10N2O3/c14-11(15)7-4-5-12-9-8(7)16-10(13-9)6-2-1-3-6/h4-6H,1-3H2,(H,14,15). The Hall–Kier alpha value is -1.91. The summed E-state index contributed by atoms with van der Waals surface area (Å²) in [7, 11) is 0. The molecule has 0 amide bonds. The molecule has 16 heavy (non-hydrogen) atoms. The van der Waals surface area contributed by atoms with Crippen molar-refractivity contribution in [2.24, 2.45) is 0 Å². The maximum Gasteiger partial charge on any atom is 0.339 e. The Bertz CT molecular complexity index is 557. The summed E-state index contributed by atoms with van der Waals surface area (Å²) >= 11 is 0. The number of aromatic nitrogens is 2. The molecule has 3 rings (SSSR count). The molecule has 0 aliphatic heterocycles. The molecule has 0 saturated heterocycles. The van der Waals surface area contributed by atoms with E-state index in [4.69, 9.17) is 9.52 Å². The van der Waals surface area contributed by atoms with Gasteiger partial charge in [-0.1, -0.05) is 6.42 Å². The summed E-state index contributed by atoms with van der Waals surface area (Å²) in [6.45, 7) is 0. The Morgan fingerprint density at radius 3 is 2.94 bits per heavy atom. The maximum atomic E-state index is 11.0. The lowest BCUT2D eigenvalue weighted by atomic mass is 9.85. The number of hydrogen-bond donors (Lipinski definition) is 1. The van der Waals surface area contributed by atoms with Crippen LogP contribution in [-0.4, -0.2) is 21.0 Å². The average Bonchev–Trinajstić information content (AvgIpc) is 2.56. The van der Waals surface area contributed by atoms with E-state index in [0.717, 1.165) is 12.8 Å². The van der Waals surface area contributed by atoms with E-state index >= 15 is 0 Å². The number of oxazole rings is 1. The summed E-state index contributed by atoms with van der Waals surface area (Å²) < 4.78 is 5.51. The molecule has 2 aromatic heterocycles. The number of hydrogen-bond acceptors (Lipinski definition) is 4. The number of carboxylic acid groups (broad SMARTS) is 1. The topological polar surface area (TPSA) is 76.2 Å². The van der Waals surface area contributed by atoms with Gasteiger partial charge in [0.15, 0.2) is 17.1 Å². The Kier molecular flexibility index (Phi) is 1.92. The second-order valence-corrected chi connectivity index (χ2v) is 4.00.